The minimum absolute atomic E-state index is 0.749. The summed E-state index contributed by atoms with van der Waals surface area (Å²) in [6.45, 7) is 6.80. The number of aromatic nitrogens is 2. The van der Waals surface area contributed by atoms with Crippen LogP contribution in [0.3, 0.4) is 0 Å². The first-order valence-electron chi connectivity index (χ1n) is 6.36. The normalized spacial score (nSPS) is 11.3. The first-order chi connectivity index (χ1) is 8.70. The molecule has 1 heterocycles. The first kappa shape index (κ1) is 13.1. The molecule has 18 heavy (non-hydrogen) atoms. The molecule has 1 aromatic carbocycles. The van der Waals surface area contributed by atoms with E-state index in [0.717, 1.165) is 43.0 Å². The van der Waals surface area contributed by atoms with Crippen molar-refractivity contribution in [3.63, 3.8) is 0 Å². The second kappa shape index (κ2) is 5.98. The van der Waals surface area contributed by atoms with Gasteiger partial charge in [0.1, 0.15) is 5.82 Å². The van der Waals surface area contributed by atoms with Gasteiger partial charge in [0.05, 0.1) is 17.6 Å². The maximum atomic E-state index is 4.98. The zero-order valence-corrected chi connectivity index (χ0v) is 11.3. The van der Waals surface area contributed by atoms with Crippen LogP contribution in [0.25, 0.3) is 11.0 Å². The number of aromatic amines is 1. The van der Waals surface area contributed by atoms with Gasteiger partial charge in [0.25, 0.3) is 0 Å². The summed E-state index contributed by atoms with van der Waals surface area (Å²) >= 11 is 0. The number of hydrogen-bond donors (Lipinski definition) is 2. The van der Waals surface area contributed by atoms with Crippen LogP contribution < -0.4 is 5.32 Å². The molecule has 2 aromatic rings. The van der Waals surface area contributed by atoms with Crippen molar-refractivity contribution in [3.05, 3.63) is 29.1 Å². The topological polar surface area (TPSA) is 49.9 Å². The number of imidazole rings is 1. The summed E-state index contributed by atoms with van der Waals surface area (Å²) in [7, 11) is 1.71. The molecule has 4 nitrogen and oxygen atoms in total. The molecular formula is C14H21N3O. The fraction of sp³-hybridized carbons (Fsp3) is 0.500. The van der Waals surface area contributed by atoms with Gasteiger partial charge in [-0.05, 0) is 37.1 Å². The molecule has 0 radical (unpaired) electrons. The summed E-state index contributed by atoms with van der Waals surface area (Å²) in [4.78, 5) is 7.98. The highest BCUT2D eigenvalue weighted by Gasteiger charge is 2.04. The number of aryl methyl sites for hydroxylation is 2. The van der Waals surface area contributed by atoms with Crippen LogP contribution in [0.1, 0.15) is 17.0 Å². The lowest BCUT2D eigenvalue weighted by Gasteiger charge is -2.01. The molecule has 0 saturated carbocycles. The third-order valence-corrected chi connectivity index (χ3v) is 3.17. The molecule has 0 aliphatic heterocycles. The van der Waals surface area contributed by atoms with Gasteiger partial charge in [-0.15, -0.1) is 0 Å². The average molecular weight is 247 g/mol. The van der Waals surface area contributed by atoms with E-state index in [4.69, 9.17) is 4.74 Å². The van der Waals surface area contributed by atoms with Gasteiger partial charge in [-0.2, -0.15) is 0 Å². The quantitative estimate of drug-likeness (QED) is 0.767. The number of nitrogens with zero attached hydrogens (tertiary/aromatic N) is 1. The van der Waals surface area contributed by atoms with Gasteiger partial charge in [-0.1, -0.05) is 0 Å². The fourth-order valence-corrected chi connectivity index (χ4v) is 1.95. The van der Waals surface area contributed by atoms with Gasteiger partial charge < -0.3 is 15.0 Å². The molecule has 0 saturated heterocycles. The van der Waals surface area contributed by atoms with E-state index in [1.807, 2.05) is 0 Å². The standard InChI is InChI=1S/C14H21N3O/c1-10-8-12-13(9-11(10)2)17-14(16-12)4-5-15-6-7-18-3/h8-9,15H,4-7H2,1-3H3,(H,16,17). The third-order valence-electron chi connectivity index (χ3n) is 3.17. The minimum Gasteiger partial charge on any atom is -0.383 e. The largest absolute Gasteiger partial charge is 0.383 e. The highest BCUT2D eigenvalue weighted by atomic mass is 16.5. The second-order valence-electron chi connectivity index (χ2n) is 4.63. The number of ether oxygens (including phenoxy) is 1. The van der Waals surface area contributed by atoms with Crippen molar-refractivity contribution in [3.8, 4) is 0 Å². The van der Waals surface area contributed by atoms with Gasteiger partial charge in [0, 0.05) is 26.6 Å². The first-order valence-corrected chi connectivity index (χ1v) is 6.36. The summed E-state index contributed by atoms with van der Waals surface area (Å²) in [5.74, 6) is 1.04. The average Bonchev–Trinajstić information content (AvgIpc) is 2.71. The Bertz CT molecular complexity index is 480. The third kappa shape index (κ3) is 3.09. The summed E-state index contributed by atoms with van der Waals surface area (Å²) in [6.07, 6.45) is 0.913. The van der Waals surface area contributed by atoms with Crippen molar-refractivity contribution in [1.29, 1.82) is 0 Å². The van der Waals surface area contributed by atoms with E-state index < -0.39 is 0 Å². The van der Waals surface area contributed by atoms with Crippen molar-refractivity contribution in [2.75, 3.05) is 26.8 Å². The highest BCUT2D eigenvalue weighted by molar-refractivity contribution is 5.77. The number of fused-ring (bicyclic) bond motifs is 1. The molecule has 0 fully saturated rings. The van der Waals surface area contributed by atoms with Crippen LogP contribution in [0.2, 0.25) is 0 Å². The Morgan fingerprint density at radius 1 is 1.22 bits per heavy atom. The number of benzene rings is 1. The Morgan fingerprint density at radius 2 is 2.00 bits per heavy atom. The molecule has 0 bridgehead atoms. The smallest absolute Gasteiger partial charge is 0.108 e. The molecule has 1 aromatic heterocycles. The fourth-order valence-electron chi connectivity index (χ4n) is 1.95. The lowest BCUT2D eigenvalue weighted by molar-refractivity contribution is 0.199. The molecule has 4 heteroatoms. The Morgan fingerprint density at radius 3 is 2.78 bits per heavy atom. The van der Waals surface area contributed by atoms with Crippen LogP contribution in [0.4, 0.5) is 0 Å². The van der Waals surface area contributed by atoms with Gasteiger partial charge in [0.15, 0.2) is 0 Å². The predicted molar refractivity (Wildman–Crippen MR) is 74.0 cm³/mol. The predicted octanol–water partition coefficient (Wildman–Crippen LogP) is 1.96. The van der Waals surface area contributed by atoms with Crippen LogP contribution in [0, 0.1) is 13.8 Å². The number of H-pyrrole nitrogens is 1. The molecule has 0 aliphatic carbocycles. The molecule has 0 amide bonds. The van der Waals surface area contributed by atoms with E-state index in [-0.39, 0.29) is 0 Å². The zero-order chi connectivity index (χ0) is 13.0. The molecule has 2 rings (SSSR count). The SMILES string of the molecule is COCCNCCc1nc2cc(C)c(C)cc2[nH]1. The van der Waals surface area contributed by atoms with Gasteiger partial charge in [-0.3, -0.25) is 0 Å². The van der Waals surface area contributed by atoms with E-state index in [1.54, 1.807) is 7.11 Å². The van der Waals surface area contributed by atoms with E-state index in [9.17, 15) is 0 Å². The van der Waals surface area contributed by atoms with Crippen LogP contribution in [-0.4, -0.2) is 36.8 Å². The van der Waals surface area contributed by atoms with Crippen LogP contribution in [-0.2, 0) is 11.2 Å². The second-order valence-corrected chi connectivity index (χ2v) is 4.63. The van der Waals surface area contributed by atoms with E-state index in [0.29, 0.717) is 0 Å². The molecular weight excluding hydrogens is 226 g/mol. The molecule has 0 unspecified atom stereocenters. The van der Waals surface area contributed by atoms with E-state index in [1.165, 1.54) is 11.1 Å². The molecule has 0 spiro atoms. The Labute approximate surface area is 108 Å². The van der Waals surface area contributed by atoms with Crippen molar-refractivity contribution >= 4 is 11.0 Å². The summed E-state index contributed by atoms with van der Waals surface area (Å²) in [5.41, 5.74) is 4.78. The Hall–Kier alpha value is -1.39. The van der Waals surface area contributed by atoms with Gasteiger partial charge in [0.2, 0.25) is 0 Å². The summed E-state index contributed by atoms with van der Waals surface area (Å²) < 4.78 is 4.98. The molecule has 0 atom stereocenters. The molecule has 98 valence electrons. The van der Waals surface area contributed by atoms with Crippen LogP contribution in [0.5, 0.6) is 0 Å². The zero-order valence-electron chi connectivity index (χ0n) is 11.3. The van der Waals surface area contributed by atoms with Crippen LogP contribution in [0.15, 0.2) is 12.1 Å². The van der Waals surface area contributed by atoms with Crippen molar-refractivity contribution in [1.82, 2.24) is 15.3 Å². The molecule has 2 N–H and O–H groups in total. The lowest BCUT2D eigenvalue weighted by Crippen LogP contribution is -2.22. The maximum absolute atomic E-state index is 4.98. The van der Waals surface area contributed by atoms with Crippen molar-refractivity contribution < 1.29 is 4.74 Å². The van der Waals surface area contributed by atoms with Crippen LogP contribution >= 0.6 is 0 Å². The van der Waals surface area contributed by atoms with Crippen molar-refractivity contribution in [2.45, 2.75) is 20.3 Å². The Kier molecular flexibility index (Phi) is 4.33. The number of rotatable bonds is 6. The highest BCUT2D eigenvalue weighted by Crippen LogP contribution is 2.17. The van der Waals surface area contributed by atoms with E-state index in [2.05, 4.69) is 41.3 Å². The lowest BCUT2D eigenvalue weighted by atomic mass is 10.1. The van der Waals surface area contributed by atoms with Gasteiger partial charge in [-0.25, -0.2) is 4.98 Å². The minimum atomic E-state index is 0.749. The van der Waals surface area contributed by atoms with Gasteiger partial charge >= 0.3 is 0 Å². The number of nitrogens with one attached hydrogen (secondary N) is 2. The number of hydrogen-bond acceptors (Lipinski definition) is 3. The van der Waals surface area contributed by atoms with E-state index >= 15 is 0 Å². The summed E-state index contributed by atoms with van der Waals surface area (Å²) in [5, 5.41) is 3.32. The maximum Gasteiger partial charge on any atom is 0.108 e. The summed E-state index contributed by atoms with van der Waals surface area (Å²) in [6, 6.07) is 4.31. The molecule has 0 aliphatic rings. The number of methoxy groups -OCH3 is 1. The van der Waals surface area contributed by atoms with Crippen molar-refractivity contribution in [2.24, 2.45) is 0 Å². The monoisotopic (exact) mass is 247 g/mol. The Balaban J connectivity index is 1.97.